The molecule has 0 N–H and O–H groups in total. The monoisotopic (exact) mass is 242 g/mol. The number of hydrogen-bond acceptors (Lipinski definition) is 3. The lowest BCUT2D eigenvalue weighted by atomic mass is 10.1. The van der Waals surface area contributed by atoms with Crippen LogP contribution in [0.1, 0.15) is 12.5 Å². The molecule has 2 rings (SSSR count). The largest absolute Gasteiger partial charge is 0.463 e. The van der Waals surface area contributed by atoms with E-state index in [1.807, 2.05) is 30.3 Å². The summed E-state index contributed by atoms with van der Waals surface area (Å²) in [5.41, 5.74) is 1.68. The van der Waals surface area contributed by atoms with Crippen LogP contribution in [-0.2, 0) is 9.53 Å². The molecule has 1 aromatic carbocycles. The molecule has 1 heterocycles. The molecule has 0 saturated carbocycles. The molecule has 0 bridgehead atoms. The second kappa shape index (κ2) is 5.82. The highest BCUT2D eigenvalue weighted by atomic mass is 16.5. The van der Waals surface area contributed by atoms with E-state index in [4.69, 9.17) is 4.74 Å². The van der Waals surface area contributed by atoms with E-state index in [-0.39, 0.29) is 5.97 Å². The lowest BCUT2D eigenvalue weighted by molar-refractivity contribution is -0.137. The Kier molecular flexibility index (Phi) is 3.91. The van der Waals surface area contributed by atoms with Gasteiger partial charge >= 0.3 is 5.97 Å². The molecule has 0 unspecified atom stereocenters. The fourth-order valence-corrected chi connectivity index (χ4v) is 1.61. The van der Waals surface area contributed by atoms with Crippen LogP contribution in [0.5, 0.6) is 0 Å². The first-order chi connectivity index (χ1) is 8.81. The second-order valence-electron chi connectivity index (χ2n) is 3.62. The summed E-state index contributed by atoms with van der Waals surface area (Å²) in [5, 5.41) is 0. The third-order valence-electron chi connectivity index (χ3n) is 2.39. The van der Waals surface area contributed by atoms with Gasteiger partial charge < -0.3 is 9.30 Å². The molecule has 0 aliphatic heterocycles. The van der Waals surface area contributed by atoms with Gasteiger partial charge in [0.15, 0.2) is 0 Å². The van der Waals surface area contributed by atoms with Gasteiger partial charge in [-0.25, -0.2) is 9.78 Å². The smallest absolute Gasteiger partial charge is 0.332 e. The third-order valence-corrected chi connectivity index (χ3v) is 2.39. The molecule has 4 heteroatoms. The van der Waals surface area contributed by atoms with Crippen molar-refractivity contribution in [1.29, 1.82) is 0 Å². The highest BCUT2D eigenvalue weighted by Gasteiger charge is 2.07. The number of benzene rings is 1. The average molecular weight is 242 g/mol. The maximum Gasteiger partial charge on any atom is 0.332 e. The zero-order valence-electron chi connectivity index (χ0n) is 10.1. The van der Waals surface area contributed by atoms with Crippen LogP contribution in [0.2, 0.25) is 0 Å². The summed E-state index contributed by atoms with van der Waals surface area (Å²) in [6.45, 7) is 2.15. The Morgan fingerprint density at radius 2 is 2.17 bits per heavy atom. The molecule has 0 aliphatic carbocycles. The number of rotatable bonds is 4. The van der Waals surface area contributed by atoms with E-state index in [9.17, 15) is 4.79 Å². The fraction of sp³-hybridized carbons (Fsp3) is 0.143. The molecule has 0 spiro atoms. The Labute approximate surface area is 106 Å². The SMILES string of the molecule is CCOC(=O)/C=C(\c1ccccc1)n1ccnc1. The normalized spacial score (nSPS) is 11.3. The topological polar surface area (TPSA) is 44.1 Å². The Morgan fingerprint density at radius 3 is 2.78 bits per heavy atom. The van der Waals surface area contributed by atoms with Gasteiger partial charge in [0, 0.05) is 18.5 Å². The quantitative estimate of drug-likeness (QED) is 0.610. The summed E-state index contributed by atoms with van der Waals surface area (Å²) in [4.78, 5) is 15.6. The van der Waals surface area contributed by atoms with Gasteiger partial charge in [-0.2, -0.15) is 0 Å². The van der Waals surface area contributed by atoms with E-state index < -0.39 is 0 Å². The maximum atomic E-state index is 11.6. The molecule has 1 aromatic heterocycles. The van der Waals surface area contributed by atoms with Crippen LogP contribution in [-0.4, -0.2) is 22.1 Å². The van der Waals surface area contributed by atoms with Crippen LogP contribution in [0.4, 0.5) is 0 Å². The van der Waals surface area contributed by atoms with Crippen LogP contribution in [0, 0.1) is 0 Å². The second-order valence-corrected chi connectivity index (χ2v) is 3.62. The number of esters is 1. The van der Waals surface area contributed by atoms with E-state index in [1.54, 1.807) is 30.2 Å². The van der Waals surface area contributed by atoms with Crippen LogP contribution >= 0.6 is 0 Å². The Hall–Kier alpha value is -2.36. The van der Waals surface area contributed by atoms with Crippen molar-refractivity contribution in [3.63, 3.8) is 0 Å². The van der Waals surface area contributed by atoms with Gasteiger partial charge in [-0.05, 0) is 12.5 Å². The number of aromatic nitrogens is 2. The molecule has 92 valence electrons. The van der Waals surface area contributed by atoms with Gasteiger partial charge in [-0.15, -0.1) is 0 Å². The number of ether oxygens (including phenoxy) is 1. The predicted molar refractivity (Wildman–Crippen MR) is 68.7 cm³/mol. The lowest BCUT2D eigenvalue weighted by Gasteiger charge is -2.08. The zero-order chi connectivity index (χ0) is 12.8. The Morgan fingerprint density at radius 1 is 1.39 bits per heavy atom. The van der Waals surface area contributed by atoms with Gasteiger partial charge in [-0.1, -0.05) is 30.3 Å². The first-order valence-electron chi connectivity index (χ1n) is 5.73. The lowest BCUT2D eigenvalue weighted by Crippen LogP contribution is -2.04. The molecule has 18 heavy (non-hydrogen) atoms. The summed E-state index contributed by atoms with van der Waals surface area (Å²) in [6, 6.07) is 9.64. The van der Waals surface area contributed by atoms with E-state index in [2.05, 4.69) is 4.98 Å². The summed E-state index contributed by atoms with van der Waals surface area (Å²) >= 11 is 0. The van der Waals surface area contributed by atoms with Gasteiger partial charge in [0.25, 0.3) is 0 Å². The standard InChI is InChI=1S/C14H14N2O2/c1-2-18-14(17)10-13(16-9-8-15-11-16)12-6-4-3-5-7-12/h3-11H,2H2,1H3/b13-10+. The molecule has 0 atom stereocenters. The van der Waals surface area contributed by atoms with Gasteiger partial charge in [0.1, 0.15) is 0 Å². The molecular formula is C14H14N2O2. The van der Waals surface area contributed by atoms with E-state index >= 15 is 0 Å². The minimum Gasteiger partial charge on any atom is -0.463 e. The number of nitrogens with zero attached hydrogens (tertiary/aromatic N) is 2. The number of carbonyl (C=O) groups excluding carboxylic acids is 1. The van der Waals surface area contributed by atoms with Crippen LogP contribution in [0.25, 0.3) is 5.70 Å². The van der Waals surface area contributed by atoms with E-state index in [0.717, 1.165) is 11.3 Å². The van der Waals surface area contributed by atoms with Crippen molar-refractivity contribution in [3.05, 3.63) is 60.7 Å². The summed E-state index contributed by atoms with van der Waals surface area (Å²) in [6.07, 6.45) is 6.58. The molecule has 0 amide bonds. The van der Waals surface area contributed by atoms with Gasteiger partial charge in [0.2, 0.25) is 0 Å². The van der Waals surface area contributed by atoms with E-state index in [0.29, 0.717) is 6.61 Å². The van der Waals surface area contributed by atoms with Gasteiger partial charge in [0.05, 0.1) is 18.6 Å². The van der Waals surface area contributed by atoms with Crippen LogP contribution < -0.4 is 0 Å². The molecule has 0 fully saturated rings. The minimum atomic E-state index is -0.356. The van der Waals surface area contributed by atoms with Crippen LogP contribution in [0.15, 0.2) is 55.1 Å². The first kappa shape index (κ1) is 12.1. The highest BCUT2D eigenvalue weighted by Crippen LogP contribution is 2.16. The molecular weight excluding hydrogens is 228 g/mol. The predicted octanol–water partition coefficient (Wildman–Crippen LogP) is 2.34. The third kappa shape index (κ3) is 2.85. The molecule has 0 radical (unpaired) electrons. The van der Waals surface area contributed by atoms with Crippen molar-refractivity contribution < 1.29 is 9.53 Å². The molecule has 4 nitrogen and oxygen atoms in total. The van der Waals surface area contributed by atoms with Crippen molar-refractivity contribution in [3.8, 4) is 0 Å². The fourth-order valence-electron chi connectivity index (χ4n) is 1.61. The number of carbonyl (C=O) groups is 1. The summed E-state index contributed by atoms with van der Waals surface area (Å²) in [7, 11) is 0. The van der Waals surface area contributed by atoms with Crippen molar-refractivity contribution >= 4 is 11.7 Å². The summed E-state index contributed by atoms with van der Waals surface area (Å²) in [5.74, 6) is -0.356. The Balaban J connectivity index is 2.39. The van der Waals surface area contributed by atoms with Crippen molar-refractivity contribution in [1.82, 2.24) is 9.55 Å². The zero-order valence-corrected chi connectivity index (χ0v) is 10.1. The minimum absolute atomic E-state index is 0.356. The van der Waals surface area contributed by atoms with Crippen molar-refractivity contribution in [2.75, 3.05) is 6.61 Å². The van der Waals surface area contributed by atoms with Crippen molar-refractivity contribution in [2.45, 2.75) is 6.92 Å². The Bertz CT molecular complexity index is 530. The number of hydrogen-bond donors (Lipinski definition) is 0. The summed E-state index contributed by atoms with van der Waals surface area (Å²) < 4.78 is 6.73. The average Bonchev–Trinajstić information content (AvgIpc) is 2.91. The molecule has 0 saturated heterocycles. The van der Waals surface area contributed by atoms with Gasteiger partial charge in [-0.3, -0.25) is 0 Å². The maximum absolute atomic E-state index is 11.6. The van der Waals surface area contributed by atoms with E-state index in [1.165, 1.54) is 6.08 Å². The van der Waals surface area contributed by atoms with Crippen LogP contribution in [0.3, 0.4) is 0 Å². The number of imidazole rings is 1. The molecule has 2 aromatic rings. The first-order valence-corrected chi connectivity index (χ1v) is 5.73. The molecule has 0 aliphatic rings. The van der Waals surface area contributed by atoms with Crippen molar-refractivity contribution in [2.24, 2.45) is 0 Å². The highest BCUT2D eigenvalue weighted by molar-refractivity contribution is 5.91.